The van der Waals surface area contributed by atoms with E-state index >= 15 is 0 Å². The van der Waals surface area contributed by atoms with Gasteiger partial charge in [0.2, 0.25) is 0 Å². The predicted molar refractivity (Wildman–Crippen MR) is 110 cm³/mol. The normalized spacial score (nSPS) is 24.1. The fourth-order valence-electron chi connectivity index (χ4n) is 4.97. The molecule has 2 bridgehead atoms. The van der Waals surface area contributed by atoms with Crippen molar-refractivity contribution < 1.29 is 14.3 Å². The number of benzene rings is 2. The van der Waals surface area contributed by atoms with Gasteiger partial charge in [0.25, 0.3) is 0 Å². The summed E-state index contributed by atoms with van der Waals surface area (Å²) in [5, 5.41) is 11.7. The topological polar surface area (TPSA) is 78.6 Å². The molecular weight excluding hydrogens is 366 g/mol. The van der Waals surface area contributed by atoms with Crippen LogP contribution in [-0.2, 0) is 13.0 Å². The van der Waals surface area contributed by atoms with Gasteiger partial charge in [-0.25, -0.2) is 9.78 Å². The van der Waals surface area contributed by atoms with Crippen LogP contribution in [0.1, 0.15) is 42.7 Å². The first-order valence-electron chi connectivity index (χ1n) is 10.3. The van der Waals surface area contributed by atoms with E-state index in [4.69, 9.17) is 9.52 Å². The Balaban J connectivity index is 1.22. The summed E-state index contributed by atoms with van der Waals surface area (Å²) in [4.78, 5) is 18.1. The minimum Gasteiger partial charge on any atom is -0.465 e. The molecular formula is C23H25N3O3. The second-order valence-corrected chi connectivity index (χ2v) is 8.24. The molecule has 29 heavy (non-hydrogen) atoms. The number of nitrogens with one attached hydrogen (secondary N) is 1. The summed E-state index contributed by atoms with van der Waals surface area (Å²) in [6.07, 6.45) is 3.94. The Hall–Kier alpha value is -2.86. The lowest BCUT2D eigenvalue weighted by molar-refractivity contribution is 0.106. The monoisotopic (exact) mass is 391 g/mol. The molecule has 0 aliphatic carbocycles. The number of oxazole rings is 1. The lowest BCUT2D eigenvalue weighted by atomic mass is 9.96. The van der Waals surface area contributed by atoms with Gasteiger partial charge in [-0.3, -0.25) is 4.90 Å². The Bertz CT molecular complexity index is 967. The lowest BCUT2D eigenvalue weighted by Gasteiger charge is -2.38. The number of amides is 1. The van der Waals surface area contributed by atoms with E-state index in [1.54, 1.807) is 0 Å². The van der Waals surface area contributed by atoms with E-state index in [1.807, 2.05) is 24.3 Å². The van der Waals surface area contributed by atoms with Crippen molar-refractivity contribution in [2.75, 3.05) is 0 Å². The number of carbonyl (C=O) groups is 1. The number of piperidine rings is 1. The number of fused-ring (bicyclic) bond motifs is 3. The molecule has 2 aromatic carbocycles. The first-order chi connectivity index (χ1) is 14.1. The summed E-state index contributed by atoms with van der Waals surface area (Å²) in [5.41, 5.74) is 4.21. The molecule has 0 saturated carbocycles. The molecule has 2 unspecified atom stereocenters. The summed E-state index contributed by atoms with van der Waals surface area (Å²) in [6, 6.07) is 17.6. The highest BCUT2D eigenvalue weighted by molar-refractivity contribution is 5.72. The number of hydrogen-bond acceptors (Lipinski definition) is 4. The number of rotatable bonds is 5. The first kappa shape index (κ1) is 18.2. The molecule has 2 N–H and O–H groups in total. The summed E-state index contributed by atoms with van der Waals surface area (Å²) < 4.78 is 5.83. The first-order valence-corrected chi connectivity index (χ1v) is 10.3. The van der Waals surface area contributed by atoms with Crippen molar-refractivity contribution >= 4 is 17.2 Å². The molecule has 6 nitrogen and oxygen atoms in total. The Morgan fingerprint density at radius 3 is 2.45 bits per heavy atom. The van der Waals surface area contributed by atoms with Crippen LogP contribution in [0.4, 0.5) is 4.79 Å². The van der Waals surface area contributed by atoms with Gasteiger partial charge in [-0.15, -0.1) is 0 Å². The standard InChI is InChI=1S/C23H25N3O3/c27-23(28)24-17-12-18-9-10-19(13-17)26(18)14-16-7-5-15(6-8-16)11-22-25-20-3-1-2-4-21(20)29-22/h1-8,17-19,24H,9-14H2,(H,27,28). The fraction of sp³-hybridized carbons (Fsp3) is 0.391. The maximum Gasteiger partial charge on any atom is 0.404 e. The third-order valence-electron chi connectivity index (χ3n) is 6.29. The number of hydrogen-bond donors (Lipinski definition) is 2. The van der Waals surface area contributed by atoms with E-state index in [0.29, 0.717) is 18.5 Å². The summed E-state index contributed by atoms with van der Waals surface area (Å²) >= 11 is 0. The summed E-state index contributed by atoms with van der Waals surface area (Å²) in [5.74, 6) is 0.741. The van der Waals surface area contributed by atoms with E-state index in [2.05, 4.69) is 39.5 Å². The minimum absolute atomic E-state index is 0.0972. The lowest BCUT2D eigenvalue weighted by Crippen LogP contribution is -2.49. The van der Waals surface area contributed by atoms with Crippen LogP contribution >= 0.6 is 0 Å². The van der Waals surface area contributed by atoms with Crippen molar-refractivity contribution in [2.24, 2.45) is 0 Å². The van der Waals surface area contributed by atoms with Crippen LogP contribution in [0.3, 0.4) is 0 Å². The van der Waals surface area contributed by atoms with Gasteiger partial charge in [-0.05, 0) is 48.9 Å². The van der Waals surface area contributed by atoms with Crippen LogP contribution in [0.5, 0.6) is 0 Å². The molecule has 5 rings (SSSR count). The number of aromatic nitrogens is 1. The van der Waals surface area contributed by atoms with Crippen molar-refractivity contribution in [2.45, 2.75) is 56.8 Å². The Labute approximate surface area is 169 Å². The van der Waals surface area contributed by atoms with Crippen molar-refractivity contribution in [1.29, 1.82) is 0 Å². The highest BCUT2D eigenvalue weighted by Crippen LogP contribution is 2.36. The quantitative estimate of drug-likeness (QED) is 0.682. The van der Waals surface area contributed by atoms with Gasteiger partial charge in [0.1, 0.15) is 5.52 Å². The number of nitrogens with zero attached hydrogens (tertiary/aromatic N) is 2. The van der Waals surface area contributed by atoms with Crippen molar-refractivity contribution in [3.63, 3.8) is 0 Å². The maximum atomic E-state index is 11.0. The van der Waals surface area contributed by atoms with Gasteiger partial charge in [-0.2, -0.15) is 0 Å². The highest BCUT2D eigenvalue weighted by Gasteiger charge is 2.40. The Morgan fingerprint density at radius 2 is 1.76 bits per heavy atom. The minimum atomic E-state index is -0.905. The molecule has 3 aromatic rings. The zero-order valence-corrected chi connectivity index (χ0v) is 16.3. The van der Waals surface area contributed by atoms with Gasteiger partial charge < -0.3 is 14.8 Å². The van der Waals surface area contributed by atoms with E-state index in [1.165, 1.54) is 11.1 Å². The third-order valence-corrected chi connectivity index (χ3v) is 6.29. The molecule has 2 fully saturated rings. The molecule has 0 spiro atoms. The molecule has 2 atom stereocenters. The molecule has 6 heteroatoms. The van der Waals surface area contributed by atoms with Gasteiger partial charge in [0.15, 0.2) is 11.5 Å². The Morgan fingerprint density at radius 1 is 1.07 bits per heavy atom. The molecule has 2 aliphatic rings. The average Bonchev–Trinajstić information content (AvgIpc) is 3.20. The smallest absolute Gasteiger partial charge is 0.404 e. The van der Waals surface area contributed by atoms with Gasteiger partial charge >= 0.3 is 6.09 Å². The van der Waals surface area contributed by atoms with Crippen LogP contribution in [-0.4, -0.2) is 39.2 Å². The van der Waals surface area contributed by atoms with Crippen LogP contribution in [0.2, 0.25) is 0 Å². The summed E-state index contributed by atoms with van der Waals surface area (Å²) in [7, 11) is 0. The maximum absolute atomic E-state index is 11.0. The van der Waals surface area contributed by atoms with Gasteiger partial charge in [0, 0.05) is 31.1 Å². The predicted octanol–water partition coefficient (Wildman–Crippen LogP) is 4.18. The van der Waals surface area contributed by atoms with Crippen LogP contribution in [0, 0.1) is 0 Å². The Kier molecular flexibility index (Phi) is 4.72. The molecule has 1 aromatic heterocycles. The van der Waals surface area contributed by atoms with Crippen molar-refractivity contribution in [3.8, 4) is 0 Å². The van der Waals surface area contributed by atoms with Gasteiger partial charge in [0.05, 0.1) is 0 Å². The van der Waals surface area contributed by atoms with E-state index in [9.17, 15) is 4.79 Å². The summed E-state index contributed by atoms with van der Waals surface area (Å²) in [6.45, 7) is 0.929. The number of carboxylic acid groups (broad SMARTS) is 1. The molecule has 3 heterocycles. The molecule has 2 saturated heterocycles. The largest absolute Gasteiger partial charge is 0.465 e. The van der Waals surface area contributed by atoms with Crippen molar-refractivity contribution in [3.05, 3.63) is 65.5 Å². The molecule has 2 aliphatic heterocycles. The molecule has 0 radical (unpaired) electrons. The fourth-order valence-corrected chi connectivity index (χ4v) is 4.97. The zero-order chi connectivity index (χ0) is 19.8. The SMILES string of the molecule is O=C(O)NC1CC2CCC(C1)N2Cc1ccc(Cc2nc3ccccc3o2)cc1. The van der Waals surface area contributed by atoms with E-state index in [-0.39, 0.29) is 6.04 Å². The third kappa shape index (κ3) is 3.85. The van der Waals surface area contributed by atoms with Crippen molar-refractivity contribution in [1.82, 2.24) is 15.2 Å². The second kappa shape index (κ2) is 7.52. The van der Waals surface area contributed by atoms with Gasteiger partial charge in [-0.1, -0.05) is 36.4 Å². The highest BCUT2D eigenvalue weighted by atomic mass is 16.4. The van der Waals surface area contributed by atoms with Crippen LogP contribution in [0.25, 0.3) is 11.1 Å². The molecule has 150 valence electrons. The van der Waals surface area contributed by atoms with Crippen LogP contribution < -0.4 is 5.32 Å². The average molecular weight is 391 g/mol. The number of para-hydroxylation sites is 2. The van der Waals surface area contributed by atoms with Crippen LogP contribution in [0.15, 0.2) is 52.9 Å². The van der Waals surface area contributed by atoms with E-state index < -0.39 is 6.09 Å². The molecule has 1 amide bonds. The second-order valence-electron chi connectivity index (χ2n) is 8.24. The van der Waals surface area contributed by atoms with E-state index in [0.717, 1.165) is 49.2 Å². The zero-order valence-electron chi connectivity index (χ0n) is 16.3.